The first-order valence-corrected chi connectivity index (χ1v) is 6.61. The third kappa shape index (κ3) is 3.07. The van der Waals surface area contributed by atoms with Crippen LogP contribution in [-0.4, -0.2) is 21.8 Å². The number of nitrogens with one attached hydrogen (secondary N) is 1. The summed E-state index contributed by atoms with van der Waals surface area (Å²) in [5, 5.41) is 9.79. The maximum Gasteiger partial charge on any atom is 0.303 e. The number of ketones is 1. The Morgan fingerprint density at radius 3 is 2.60 bits per heavy atom. The second-order valence-corrected chi connectivity index (χ2v) is 6.09. The van der Waals surface area contributed by atoms with Crippen molar-refractivity contribution in [2.24, 2.45) is 5.41 Å². The summed E-state index contributed by atoms with van der Waals surface area (Å²) in [7, 11) is 0. The minimum Gasteiger partial charge on any atom is -0.481 e. The Bertz CT molecular complexity index is 667. The number of carboxylic acids is 1. The third-order valence-corrected chi connectivity index (χ3v) is 3.41. The lowest BCUT2D eigenvalue weighted by atomic mass is 9.82. The second kappa shape index (κ2) is 5.12. The number of aromatic nitrogens is 1. The topological polar surface area (TPSA) is 70.2 Å². The van der Waals surface area contributed by atoms with Gasteiger partial charge in [-0.3, -0.25) is 9.59 Å². The van der Waals surface area contributed by atoms with Crippen LogP contribution in [0.15, 0.2) is 24.4 Å². The van der Waals surface area contributed by atoms with Gasteiger partial charge in [-0.2, -0.15) is 0 Å². The van der Waals surface area contributed by atoms with Crippen LogP contribution in [0.25, 0.3) is 10.9 Å². The van der Waals surface area contributed by atoms with Crippen molar-refractivity contribution in [2.75, 3.05) is 0 Å². The van der Waals surface area contributed by atoms with Crippen molar-refractivity contribution in [1.29, 1.82) is 0 Å². The van der Waals surface area contributed by atoms with Gasteiger partial charge in [0, 0.05) is 29.1 Å². The number of rotatable bonds is 5. The summed E-state index contributed by atoms with van der Waals surface area (Å²) in [5.74, 6) is -0.898. The van der Waals surface area contributed by atoms with Gasteiger partial charge in [0.1, 0.15) is 0 Å². The lowest BCUT2D eigenvalue weighted by molar-refractivity contribution is -0.139. The lowest BCUT2D eigenvalue weighted by Crippen LogP contribution is -2.21. The number of carboxylic acid groups (broad SMARTS) is 1. The van der Waals surface area contributed by atoms with E-state index in [4.69, 9.17) is 5.11 Å². The molecule has 0 amide bonds. The minimum absolute atomic E-state index is 0.0138. The number of aromatic amines is 1. The van der Waals surface area contributed by atoms with Gasteiger partial charge in [0.05, 0.1) is 6.42 Å². The van der Waals surface area contributed by atoms with E-state index in [1.807, 2.05) is 25.1 Å². The number of aliphatic carboxylic acids is 1. The Morgan fingerprint density at radius 2 is 1.95 bits per heavy atom. The van der Waals surface area contributed by atoms with E-state index in [0.717, 1.165) is 16.5 Å². The first-order chi connectivity index (χ1) is 9.28. The molecular formula is C16H19NO3. The molecule has 0 radical (unpaired) electrons. The van der Waals surface area contributed by atoms with Crippen LogP contribution in [0.3, 0.4) is 0 Å². The van der Waals surface area contributed by atoms with Crippen molar-refractivity contribution >= 4 is 22.7 Å². The van der Waals surface area contributed by atoms with Crippen LogP contribution < -0.4 is 0 Å². The number of H-pyrrole nitrogens is 1. The van der Waals surface area contributed by atoms with E-state index in [-0.39, 0.29) is 18.6 Å². The van der Waals surface area contributed by atoms with Crippen LogP contribution >= 0.6 is 0 Å². The minimum atomic E-state index is -0.877. The quantitative estimate of drug-likeness (QED) is 0.818. The van der Waals surface area contributed by atoms with Gasteiger partial charge < -0.3 is 10.1 Å². The molecule has 0 aliphatic carbocycles. The zero-order valence-electron chi connectivity index (χ0n) is 12.0. The number of hydrogen-bond donors (Lipinski definition) is 2. The standard InChI is InChI=1S/C16H19NO3/c1-10-4-5-13-11(6-10)12(9-17-13)14(18)7-16(2,3)8-15(19)20/h4-6,9,17H,7-8H2,1-3H3,(H,19,20). The largest absolute Gasteiger partial charge is 0.481 e. The van der Waals surface area contributed by atoms with Crippen LogP contribution in [-0.2, 0) is 4.79 Å². The molecule has 20 heavy (non-hydrogen) atoms. The lowest BCUT2D eigenvalue weighted by Gasteiger charge is -2.21. The summed E-state index contributed by atoms with van der Waals surface area (Å²) in [6.45, 7) is 5.59. The molecule has 0 spiro atoms. The fourth-order valence-electron chi connectivity index (χ4n) is 2.47. The van der Waals surface area contributed by atoms with E-state index in [1.165, 1.54) is 0 Å². The summed E-state index contributed by atoms with van der Waals surface area (Å²) >= 11 is 0. The van der Waals surface area contributed by atoms with Gasteiger partial charge in [-0.25, -0.2) is 0 Å². The summed E-state index contributed by atoms with van der Waals surface area (Å²) in [4.78, 5) is 26.3. The van der Waals surface area contributed by atoms with Crippen LogP contribution in [0.1, 0.15) is 42.6 Å². The number of carbonyl (C=O) groups excluding carboxylic acids is 1. The predicted octanol–water partition coefficient (Wildman–Crippen LogP) is 3.55. The van der Waals surface area contributed by atoms with Gasteiger partial charge in [-0.1, -0.05) is 25.5 Å². The summed E-state index contributed by atoms with van der Waals surface area (Å²) in [6, 6.07) is 5.91. The van der Waals surface area contributed by atoms with Gasteiger partial charge in [0.2, 0.25) is 0 Å². The van der Waals surface area contributed by atoms with Crippen molar-refractivity contribution in [3.05, 3.63) is 35.5 Å². The number of carbonyl (C=O) groups is 2. The van der Waals surface area contributed by atoms with Gasteiger partial charge >= 0.3 is 5.97 Å². The van der Waals surface area contributed by atoms with E-state index in [1.54, 1.807) is 20.0 Å². The van der Waals surface area contributed by atoms with Crippen molar-refractivity contribution in [2.45, 2.75) is 33.6 Å². The van der Waals surface area contributed by atoms with E-state index in [2.05, 4.69) is 4.98 Å². The number of benzene rings is 1. The van der Waals surface area contributed by atoms with E-state index in [0.29, 0.717) is 5.56 Å². The van der Waals surface area contributed by atoms with E-state index >= 15 is 0 Å². The molecule has 0 unspecified atom stereocenters. The molecular weight excluding hydrogens is 254 g/mol. The number of Topliss-reactive ketones (excluding diaryl/α,β-unsaturated/α-hetero) is 1. The zero-order chi connectivity index (χ0) is 14.9. The van der Waals surface area contributed by atoms with Crippen LogP contribution in [0.4, 0.5) is 0 Å². The van der Waals surface area contributed by atoms with Crippen LogP contribution in [0.5, 0.6) is 0 Å². The first-order valence-electron chi connectivity index (χ1n) is 6.61. The molecule has 2 N–H and O–H groups in total. The average Bonchev–Trinajstić information content (AvgIpc) is 2.68. The van der Waals surface area contributed by atoms with Gasteiger partial charge in [-0.05, 0) is 24.5 Å². The highest BCUT2D eigenvalue weighted by Crippen LogP contribution is 2.29. The zero-order valence-corrected chi connectivity index (χ0v) is 12.0. The van der Waals surface area contributed by atoms with Crippen LogP contribution in [0, 0.1) is 12.3 Å². The molecule has 2 rings (SSSR count). The summed E-state index contributed by atoms with van der Waals surface area (Å²) in [6.07, 6.45) is 1.92. The highest BCUT2D eigenvalue weighted by Gasteiger charge is 2.26. The molecule has 2 aromatic rings. The normalized spacial score (nSPS) is 11.8. The van der Waals surface area contributed by atoms with Gasteiger partial charge in [0.25, 0.3) is 0 Å². The van der Waals surface area contributed by atoms with Gasteiger partial charge in [0.15, 0.2) is 5.78 Å². The Labute approximate surface area is 117 Å². The molecule has 0 atom stereocenters. The van der Waals surface area contributed by atoms with E-state index in [9.17, 15) is 9.59 Å². The predicted molar refractivity (Wildman–Crippen MR) is 78.0 cm³/mol. The number of hydrogen-bond acceptors (Lipinski definition) is 2. The van der Waals surface area contributed by atoms with Crippen molar-refractivity contribution in [3.63, 3.8) is 0 Å². The molecule has 1 aromatic heterocycles. The fourth-order valence-corrected chi connectivity index (χ4v) is 2.47. The van der Waals surface area contributed by atoms with Crippen LogP contribution in [0.2, 0.25) is 0 Å². The molecule has 0 aliphatic heterocycles. The molecule has 0 saturated carbocycles. The number of fused-ring (bicyclic) bond motifs is 1. The SMILES string of the molecule is Cc1ccc2[nH]cc(C(=O)CC(C)(C)CC(=O)O)c2c1. The fraction of sp³-hybridized carbons (Fsp3) is 0.375. The molecule has 0 bridgehead atoms. The number of aryl methyl sites for hydroxylation is 1. The molecule has 4 heteroatoms. The third-order valence-electron chi connectivity index (χ3n) is 3.41. The molecule has 1 aromatic carbocycles. The molecule has 106 valence electrons. The summed E-state index contributed by atoms with van der Waals surface area (Å²) in [5.41, 5.74) is 2.11. The van der Waals surface area contributed by atoms with Gasteiger partial charge in [-0.15, -0.1) is 0 Å². The molecule has 1 heterocycles. The highest BCUT2D eigenvalue weighted by atomic mass is 16.4. The maximum absolute atomic E-state index is 12.4. The first kappa shape index (κ1) is 14.3. The smallest absolute Gasteiger partial charge is 0.303 e. The molecule has 0 saturated heterocycles. The Kier molecular flexibility index (Phi) is 3.66. The molecule has 4 nitrogen and oxygen atoms in total. The Hall–Kier alpha value is -2.10. The molecule has 0 aliphatic rings. The molecule has 0 fully saturated rings. The van der Waals surface area contributed by atoms with Crippen molar-refractivity contribution in [3.8, 4) is 0 Å². The Balaban J connectivity index is 2.28. The monoisotopic (exact) mass is 273 g/mol. The van der Waals surface area contributed by atoms with Crippen molar-refractivity contribution < 1.29 is 14.7 Å². The maximum atomic E-state index is 12.4. The van der Waals surface area contributed by atoms with Crippen molar-refractivity contribution in [1.82, 2.24) is 4.98 Å². The van der Waals surface area contributed by atoms with E-state index < -0.39 is 11.4 Å². The average molecular weight is 273 g/mol. The highest BCUT2D eigenvalue weighted by molar-refractivity contribution is 6.08. The summed E-state index contributed by atoms with van der Waals surface area (Å²) < 4.78 is 0. The Morgan fingerprint density at radius 1 is 1.25 bits per heavy atom. The second-order valence-electron chi connectivity index (χ2n) is 6.09.